The average Bonchev–Trinajstić information content (AvgIpc) is 2.55. The van der Waals surface area contributed by atoms with Crippen molar-refractivity contribution in [2.45, 2.75) is 81.1 Å². The molecule has 11 heteroatoms. The van der Waals surface area contributed by atoms with Gasteiger partial charge in [0.05, 0.1) is 6.10 Å². The first-order chi connectivity index (χ1) is 11.6. The first-order valence-electron chi connectivity index (χ1n) is 7.90. The second-order valence-corrected chi connectivity index (χ2v) is 6.47. The maximum absolute atomic E-state index is 11.1. The summed E-state index contributed by atoms with van der Waals surface area (Å²) in [7, 11) is 0. The molecule has 0 aliphatic carbocycles. The Morgan fingerprint density at radius 1 is 0.880 bits per heavy atom. The molecule has 8 N–H and O–H groups in total. The Bertz CT molecular complexity index is 479. The van der Waals surface area contributed by atoms with Crippen molar-refractivity contribution in [1.29, 1.82) is 0 Å². The molecule has 11 atom stereocenters. The Morgan fingerprint density at radius 2 is 1.40 bits per heavy atom. The van der Waals surface area contributed by atoms with Gasteiger partial charge in [-0.15, -0.1) is 0 Å². The standard InChI is InChI=1S/C14H25NO10/c1-3-6(17)8(19)10(21)12(24-3)11(22)13-9(20)7(18)5(14(23)25-13)15-4(2)16/h3,5-14,17-23H,1-2H3,(H,15,16)/t3-,5+,6+,7+,8+,9-,10-,11?,12?,13-,14?/m0/s1. The zero-order valence-electron chi connectivity index (χ0n) is 13.7. The van der Waals surface area contributed by atoms with Crippen molar-refractivity contribution >= 4 is 5.91 Å². The molecule has 3 unspecified atom stereocenters. The van der Waals surface area contributed by atoms with Gasteiger partial charge in [0.15, 0.2) is 6.29 Å². The van der Waals surface area contributed by atoms with E-state index in [-0.39, 0.29) is 0 Å². The van der Waals surface area contributed by atoms with Crippen LogP contribution in [0.4, 0.5) is 0 Å². The Morgan fingerprint density at radius 3 is 1.96 bits per heavy atom. The molecule has 0 saturated carbocycles. The molecule has 2 rings (SSSR count). The third kappa shape index (κ3) is 3.94. The molecule has 146 valence electrons. The van der Waals surface area contributed by atoms with Crippen LogP contribution in [0.1, 0.15) is 13.8 Å². The van der Waals surface area contributed by atoms with Crippen LogP contribution < -0.4 is 5.32 Å². The summed E-state index contributed by atoms with van der Waals surface area (Å²) < 4.78 is 10.4. The lowest BCUT2D eigenvalue weighted by Gasteiger charge is -2.47. The van der Waals surface area contributed by atoms with Gasteiger partial charge in [-0.05, 0) is 6.92 Å². The molecule has 0 aromatic heterocycles. The maximum Gasteiger partial charge on any atom is 0.217 e. The van der Waals surface area contributed by atoms with E-state index in [1.807, 2.05) is 0 Å². The molecule has 2 heterocycles. The largest absolute Gasteiger partial charge is 0.388 e. The van der Waals surface area contributed by atoms with Gasteiger partial charge < -0.3 is 50.5 Å². The highest BCUT2D eigenvalue weighted by Crippen LogP contribution is 2.29. The fraction of sp³-hybridized carbons (Fsp3) is 0.929. The molecule has 0 aromatic rings. The van der Waals surface area contributed by atoms with Gasteiger partial charge in [0.1, 0.15) is 54.9 Å². The molecular formula is C14H25NO10. The number of ether oxygens (including phenoxy) is 2. The van der Waals surface area contributed by atoms with Crippen LogP contribution in [-0.4, -0.2) is 109 Å². The molecule has 0 bridgehead atoms. The molecule has 1 amide bonds. The number of rotatable bonds is 3. The van der Waals surface area contributed by atoms with E-state index in [4.69, 9.17) is 9.47 Å². The van der Waals surface area contributed by atoms with Crippen LogP contribution in [0.2, 0.25) is 0 Å². The fourth-order valence-corrected chi connectivity index (χ4v) is 3.13. The normalized spacial score (nSPS) is 49.5. The van der Waals surface area contributed by atoms with Crippen molar-refractivity contribution < 1.29 is 50.0 Å². The average molecular weight is 367 g/mol. The lowest BCUT2D eigenvalue weighted by Crippen LogP contribution is -2.69. The number of nitrogens with one attached hydrogen (secondary N) is 1. The van der Waals surface area contributed by atoms with Crippen molar-refractivity contribution in [2.75, 3.05) is 0 Å². The van der Waals surface area contributed by atoms with E-state index >= 15 is 0 Å². The highest BCUT2D eigenvalue weighted by molar-refractivity contribution is 5.73. The van der Waals surface area contributed by atoms with Crippen molar-refractivity contribution in [2.24, 2.45) is 0 Å². The Hall–Kier alpha value is -0.890. The summed E-state index contributed by atoms with van der Waals surface area (Å²) in [5.41, 5.74) is 0. The van der Waals surface area contributed by atoms with Gasteiger partial charge in [-0.25, -0.2) is 0 Å². The van der Waals surface area contributed by atoms with Crippen LogP contribution in [0.25, 0.3) is 0 Å². The summed E-state index contributed by atoms with van der Waals surface area (Å²) in [5, 5.41) is 72.2. The highest BCUT2D eigenvalue weighted by Gasteiger charge is 2.52. The van der Waals surface area contributed by atoms with E-state index in [1.165, 1.54) is 6.92 Å². The van der Waals surface area contributed by atoms with Gasteiger partial charge in [-0.1, -0.05) is 0 Å². The molecule has 2 aliphatic heterocycles. The zero-order valence-corrected chi connectivity index (χ0v) is 13.7. The van der Waals surface area contributed by atoms with Crippen LogP contribution in [0, 0.1) is 0 Å². The summed E-state index contributed by atoms with van der Waals surface area (Å²) in [6.07, 6.45) is -15.5. The molecule has 0 radical (unpaired) electrons. The summed E-state index contributed by atoms with van der Waals surface area (Å²) in [4.78, 5) is 11.1. The predicted molar refractivity (Wildman–Crippen MR) is 78.9 cm³/mol. The van der Waals surface area contributed by atoms with E-state index in [1.54, 1.807) is 0 Å². The van der Waals surface area contributed by atoms with Crippen molar-refractivity contribution in [3.63, 3.8) is 0 Å². The van der Waals surface area contributed by atoms with Crippen molar-refractivity contribution in [3.05, 3.63) is 0 Å². The van der Waals surface area contributed by atoms with Crippen LogP contribution in [0.5, 0.6) is 0 Å². The Balaban J connectivity index is 2.14. The van der Waals surface area contributed by atoms with Gasteiger partial charge in [-0.3, -0.25) is 4.79 Å². The maximum atomic E-state index is 11.1. The van der Waals surface area contributed by atoms with Crippen LogP contribution in [0.3, 0.4) is 0 Å². The second kappa shape index (κ2) is 7.78. The van der Waals surface area contributed by atoms with Gasteiger partial charge in [-0.2, -0.15) is 0 Å². The predicted octanol–water partition coefficient (Wildman–Crippen LogP) is -4.84. The molecule has 0 aromatic carbocycles. The van der Waals surface area contributed by atoms with E-state index < -0.39 is 73.2 Å². The van der Waals surface area contributed by atoms with E-state index in [0.717, 1.165) is 6.92 Å². The van der Waals surface area contributed by atoms with Crippen LogP contribution >= 0.6 is 0 Å². The summed E-state index contributed by atoms with van der Waals surface area (Å²) >= 11 is 0. The topological polar surface area (TPSA) is 189 Å². The van der Waals surface area contributed by atoms with Gasteiger partial charge in [0, 0.05) is 6.92 Å². The lowest BCUT2D eigenvalue weighted by atomic mass is 9.86. The quantitative estimate of drug-likeness (QED) is 0.240. The summed E-state index contributed by atoms with van der Waals surface area (Å²) in [5.74, 6) is -0.574. The number of hydrogen-bond donors (Lipinski definition) is 8. The minimum atomic E-state index is -1.75. The smallest absolute Gasteiger partial charge is 0.217 e. The summed E-state index contributed by atoms with van der Waals surface area (Å²) in [6, 6.07) is -1.32. The second-order valence-electron chi connectivity index (χ2n) is 6.47. The molecular weight excluding hydrogens is 342 g/mol. The minimum absolute atomic E-state index is 0.574. The van der Waals surface area contributed by atoms with Gasteiger partial charge in [0.2, 0.25) is 5.91 Å². The van der Waals surface area contributed by atoms with Gasteiger partial charge in [0.25, 0.3) is 0 Å². The van der Waals surface area contributed by atoms with Crippen LogP contribution in [-0.2, 0) is 14.3 Å². The lowest BCUT2D eigenvalue weighted by molar-refractivity contribution is -0.298. The third-order valence-electron chi connectivity index (χ3n) is 4.59. The van der Waals surface area contributed by atoms with E-state index in [0.29, 0.717) is 0 Å². The molecule has 11 nitrogen and oxygen atoms in total. The number of hydrogen-bond acceptors (Lipinski definition) is 10. The summed E-state index contributed by atoms with van der Waals surface area (Å²) in [6.45, 7) is 2.56. The molecule has 25 heavy (non-hydrogen) atoms. The van der Waals surface area contributed by atoms with Crippen LogP contribution in [0.15, 0.2) is 0 Å². The molecule has 2 aliphatic rings. The Kier molecular flexibility index (Phi) is 6.35. The SMILES string of the molecule is CC(=O)N[C@H]1C(O)O[C@H](C(O)C2O[C@@H](C)[C@@H](O)[C@@H](O)[C@@H]2O)[C@@H](O)[C@@H]1O. The number of carbonyl (C=O) groups is 1. The minimum Gasteiger partial charge on any atom is -0.388 e. The molecule has 2 saturated heterocycles. The third-order valence-corrected chi connectivity index (χ3v) is 4.59. The van der Waals surface area contributed by atoms with E-state index in [9.17, 15) is 40.5 Å². The fourth-order valence-electron chi connectivity index (χ4n) is 3.13. The first-order valence-corrected chi connectivity index (χ1v) is 7.90. The zero-order chi connectivity index (χ0) is 19.0. The van der Waals surface area contributed by atoms with Crippen molar-refractivity contribution in [1.82, 2.24) is 5.32 Å². The first kappa shape index (κ1) is 20.4. The highest BCUT2D eigenvalue weighted by atomic mass is 16.6. The number of amides is 1. The molecule has 2 fully saturated rings. The van der Waals surface area contributed by atoms with Gasteiger partial charge >= 0.3 is 0 Å². The van der Waals surface area contributed by atoms with Crippen molar-refractivity contribution in [3.8, 4) is 0 Å². The number of carbonyl (C=O) groups excluding carboxylic acids is 1. The monoisotopic (exact) mass is 367 g/mol. The van der Waals surface area contributed by atoms with E-state index in [2.05, 4.69) is 5.32 Å². The Labute approximate surface area is 143 Å². The number of aliphatic hydroxyl groups is 7. The number of aliphatic hydroxyl groups excluding tert-OH is 7. The molecule has 0 spiro atoms.